The number of hydrogen-bond donors (Lipinski definition) is 0. The standard InChI is InChI=1S/C14H16N2O/c1-11-3-4-13(12(2)7-11)14(9-17-14)8-16-6-5-15-10-16/h3-7,10H,8-9H2,1-2H3. The van der Waals surface area contributed by atoms with Crippen LogP contribution >= 0.6 is 0 Å². The summed E-state index contributed by atoms with van der Waals surface area (Å²) < 4.78 is 7.80. The lowest BCUT2D eigenvalue weighted by Gasteiger charge is -2.16. The Morgan fingerprint density at radius 3 is 2.82 bits per heavy atom. The highest BCUT2D eigenvalue weighted by Crippen LogP contribution is 2.41. The summed E-state index contributed by atoms with van der Waals surface area (Å²) in [6.07, 6.45) is 5.62. The quantitative estimate of drug-likeness (QED) is 0.755. The first-order valence-electron chi connectivity index (χ1n) is 5.87. The third kappa shape index (κ3) is 1.87. The molecule has 0 N–H and O–H groups in total. The number of aryl methyl sites for hydroxylation is 2. The molecule has 0 spiro atoms. The Morgan fingerprint density at radius 2 is 2.24 bits per heavy atom. The molecule has 3 rings (SSSR count). The molecular formula is C14H16N2O. The summed E-state index contributed by atoms with van der Waals surface area (Å²) in [6.45, 7) is 5.92. The number of epoxide rings is 1. The molecule has 0 bridgehead atoms. The SMILES string of the molecule is Cc1ccc(C2(Cn3ccnc3)CO2)c(C)c1. The van der Waals surface area contributed by atoms with E-state index in [1.807, 2.05) is 12.5 Å². The highest BCUT2D eigenvalue weighted by molar-refractivity contribution is 5.37. The molecule has 1 atom stereocenters. The van der Waals surface area contributed by atoms with Crippen LogP contribution in [-0.2, 0) is 16.9 Å². The lowest BCUT2D eigenvalue weighted by atomic mass is 9.94. The normalized spacial score (nSPS) is 22.7. The molecule has 0 amide bonds. The van der Waals surface area contributed by atoms with E-state index in [1.54, 1.807) is 6.20 Å². The van der Waals surface area contributed by atoms with Crippen molar-refractivity contribution in [1.82, 2.24) is 9.55 Å². The van der Waals surface area contributed by atoms with E-state index in [0.29, 0.717) is 0 Å². The number of hydrogen-bond acceptors (Lipinski definition) is 2. The summed E-state index contributed by atoms with van der Waals surface area (Å²) in [7, 11) is 0. The Kier molecular flexibility index (Phi) is 2.30. The third-order valence-corrected chi connectivity index (χ3v) is 3.36. The molecule has 3 heteroatoms. The summed E-state index contributed by atoms with van der Waals surface area (Å²) in [5.41, 5.74) is 3.78. The first-order valence-corrected chi connectivity index (χ1v) is 5.87. The number of ether oxygens (including phenoxy) is 1. The summed E-state index contributed by atoms with van der Waals surface area (Å²) >= 11 is 0. The zero-order chi connectivity index (χ0) is 11.9. The maximum absolute atomic E-state index is 5.73. The minimum Gasteiger partial charge on any atom is -0.363 e. The van der Waals surface area contributed by atoms with E-state index >= 15 is 0 Å². The molecule has 0 radical (unpaired) electrons. The van der Waals surface area contributed by atoms with Crippen LogP contribution in [0, 0.1) is 13.8 Å². The van der Waals surface area contributed by atoms with Crippen molar-refractivity contribution in [2.45, 2.75) is 26.0 Å². The van der Waals surface area contributed by atoms with Crippen molar-refractivity contribution in [2.24, 2.45) is 0 Å². The van der Waals surface area contributed by atoms with Gasteiger partial charge in [-0.15, -0.1) is 0 Å². The lowest BCUT2D eigenvalue weighted by molar-refractivity contribution is 0.276. The number of aromatic nitrogens is 2. The van der Waals surface area contributed by atoms with Crippen LogP contribution in [0.15, 0.2) is 36.9 Å². The van der Waals surface area contributed by atoms with Crippen LogP contribution in [0.5, 0.6) is 0 Å². The van der Waals surface area contributed by atoms with Crippen molar-refractivity contribution in [3.05, 3.63) is 53.6 Å². The zero-order valence-electron chi connectivity index (χ0n) is 10.2. The van der Waals surface area contributed by atoms with Gasteiger partial charge in [-0.3, -0.25) is 0 Å². The van der Waals surface area contributed by atoms with Gasteiger partial charge in [-0.1, -0.05) is 23.8 Å². The van der Waals surface area contributed by atoms with E-state index in [2.05, 4.69) is 41.6 Å². The minimum atomic E-state index is -0.127. The van der Waals surface area contributed by atoms with Gasteiger partial charge in [-0.05, 0) is 25.0 Å². The zero-order valence-corrected chi connectivity index (χ0v) is 10.2. The maximum atomic E-state index is 5.73. The van der Waals surface area contributed by atoms with Gasteiger partial charge in [-0.25, -0.2) is 4.98 Å². The summed E-state index contributed by atoms with van der Waals surface area (Å²) in [5.74, 6) is 0. The Labute approximate surface area is 101 Å². The summed E-state index contributed by atoms with van der Waals surface area (Å²) in [5, 5.41) is 0. The molecule has 1 unspecified atom stereocenters. The molecule has 3 nitrogen and oxygen atoms in total. The number of benzene rings is 1. The Bertz CT molecular complexity index is 527. The molecule has 1 aromatic carbocycles. The highest BCUT2D eigenvalue weighted by atomic mass is 16.6. The van der Waals surface area contributed by atoms with Crippen LogP contribution in [0.25, 0.3) is 0 Å². The van der Waals surface area contributed by atoms with E-state index in [9.17, 15) is 0 Å². The number of nitrogens with zero attached hydrogens (tertiary/aromatic N) is 2. The van der Waals surface area contributed by atoms with E-state index in [1.165, 1.54) is 16.7 Å². The summed E-state index contributed by atoms with van der Waals surface area (Å²) in [6, 6.07) is 6.56. The van der Waals surface area contributed by atoms with E-state index in [-0.39, 0.29) is 5.60 Å². The molecule has 2 aromatic rings. The average Bonchev–Trinajstić information content (AvgIpc) is 2.86. The van der Waals surface area contributed by atoms with Gasteiger partial charge in [0.15, 0.2) is 0 Å². The van der Waals surface area contributed by atoms with Gasteiger partial charge in [0.05, 0.1) is 19.5 Å². The number of rotatable bonds is 3. The van der Waals surface area contributed by atoms with Gasteiger partial charge in [0.25, 0.3) is 0 Å². The average molecular weight is 228 g/mol. The van der Waals surface area contributed by atoms with Gasteiger partial charge in [-0.2, -0.15) is 0 Å². The molecule has 1 fully saturated rings. The van der Waals surface area contributed by atoms with Crippen molar-refractivity contribution < 1.29 is 4.74 Å². The fourth-order valence-corrected chi connectivity index (χ4v) is 2.42. The van der Waals surface area contributed by atoms with E-state index < -0.39 is 0 Å². The topological polar surface area (TPSA) is 30.4 Å². The van der Waals surface area contributed by atoms with Gasteiger partial charge in [0, 0.05) is 12.4 Å². The van der Waals surface area contributed by atoms with Crippen LogP contribution in [0.3, 0.4) is 0 Å². The lowest BCUT2D eigenvalue weighted by Crippen LogP contribution is -2.18. The largest absolute Gasteiger partial charge is 0.363 e. The van der Waals surface area contributed by atoms with Crippen molar-refractivity contribution in [3.8, 4) is 0 Å². The predicted octanol–water partition coefficient (Wildman–Crippen LogP) is 2.43. The first-order chi connectivity index (χ1) is 8.20. The fraction of sp³-hybridized carbons (Fsp3) is 0.357. The molecule has 1 aromatic heterocycles. The molecule has 1 aliphatic rings. The fourth-order valence-electron chi connectivity index (χ4n) is 2.42. The molecule has 17 heavy (non-hydrogen) atoms. The second kappa shape index (κ2) is 3.70. The predicted molar refractivity (Wildman–Crippen MR) is 65.8 cm³/mol. The highest BCUT2D eigenvalue weighted by Gasteiger charge is 2.47. The monoisotopic (exact) mass is 228 g/mol. The molecule has 0 saturated carbocycles. The van der Waals surface area contributed by atoms with Crippen LogP contribution in [0.2, 0.25) is 0 Å². The molecular weight excluding hydrogens is 212 g/mol. The van der Waals surface area contributed by atoms with Crippen LogP contribution in [-0.4, -0.2) is 16.2 Å². The van der Waals surface area contributed by atoms with Crippen molar-refractivity contribution in [1.29, 1.82) is 0 Å². The Hall–Kier alpha value is -1.61. The summed E-state index contributed by atoms with van der Waals surface area (Å²) in [4.78, 5) is 4.07. The van der Waals surface area contributed by atoms with Gasteiger partial charge in [0.1, 0.15) is 5.60 Å². The van der Waals surface area contributed by atoms with Crippen molar-refractivity contribution in [2.75, 3.05) is 6.61 Å². The van der Waals surface area contributed by atoms with E-state index in [0.717, 1.165) is 13.2 Å². The number of imidazole rings is 1. The first kappa shape index (κ1) is 10.5. The van der Waals surface area contributed by atoms with E-state index in [4.69, 9.17) is 4.74 Å². The van der Waals surface area contributed by atoms with Crippen molar-refractivity contribution >= 4 is 0 Å². The maximum Gasteiger partial charge on any atom is 0.135 e. The molecule has 1 saturated heterocycles. The molecule has 1 aliphatic heterocycles. The Morgan fingerprint density at radius 1 is 1.41 bits per heavy atom. The molecule has 88 valence electrons. The third-order valence-electron chi connectivity index (χ3n) is 3.36. The second-order valence-corrected chi connectivity index (χ2v) is 4.84. The molecule has 0 aliphatic carbocycles. The minimum absolute atomic E-state index is 0.127. The van der Waals surface area contributed by atoms with Gasteiger partial charge >= 0.3 is 0 Å². The van der Waals surface area contributed by atoms with Crippen LogP contribution in [0.4, 0.5) is 0 Å². The van der Waals surface area contributed by atoms with Gasteiger partial charge in [0.2, 0.25) is 0 Å². The van der Waals surface area contributed by atoms with Crippen LogP contribution < -0.4 is 0 Å². The van der Waals surface area contributed by atoms with Gasteiger partial charge < -0.3 is 9.30 Å². The van der Waals surface area contributed by atoms with Crippen LogP contribution in [0.1, 0.15) is 16.7 Å². The Balaban J connectivity index is 1.92. The van der Waals surface area contributed by atoms with Crippen molar-refractivity contribution in [3.63, 3.8) is 0 Å². The second-order valence-electron chi connectivity index (χ2n) is 4.84. The smallest absolute Gasteiger partial charge is 0.135 e. The molecule has 2 heterocycles.